The van der Waals surface area contributed by atoms with E-state index in [0.29, 0.717) is 12.3 Å². The fourth-order valence-corrected chi connectivity index (χ4v) is 2.78. The second kappa shape index (κ2) is 3.43. The Morgan fingerprint density at radius 1 is 1.62 bits per heavy atom. The van der Waals surface area contributed by atoms with Crippen molar-refractivity contribution in [1.29, 1.82) is 0 Å². The van der Waals surface area contributed by atoms with E-state index in [1.807, 2.05) is 12.1 Å². The van der Waals surface area contributed by atoms with Crippen molar-refractivity contribution in [3.63, 3.8) is 0 Å². The lowest BCUT2D eigenvalue weighted by Gasteiger charge is -2.21. The number of nitrogens with zero attached hydrogens (tertiary/aromatic N) is 1. The standard InChI is InChI=1S/C12H15NO3/c1-15-11-6-8(3-5-13-11)9-7-12(14)4-2-10(9)16-12/h3,5-6,9-10,14H,2,4,7H2,1H3. The van der Waals surface area contributed by atoms with Gasteiger partial charge in [-0.3, -0.25) is 0 Å². The van der Waals surface area contributed by atoms with Crippen LogP contribution in [-0.4, -0.2) is 29.1 Å². The monoisotopic (exact) mass is 221 g/mol. The molecule has 0 saturated carbocycles. The lowest BCUT2D eigenvalue weighted by Crippen LogP contribution is -2.24. The summed E-state index contributed by atoms with van der Waals surface area (Å²) in [4.78, 5) is 4.08. The van der Waals surface area contributed by atoms with Gasteiger partial charge in [-0.25, -0.2) is 4.98 Å². The molecule has 2 aliphatic heterocycles. The van der Waals surface area contributed by atoms with Crippen LogP contribution in [0.15, 0.2) is 18.3 Å². The first-order valence-electron chi connectivity index (χ1n) is 5.60. The van der Waals surface area contributed by atoms with E-state index in [0.717, 1.165) is 18.4 Å². The van der Waals surface area contributed by atoms with E-state index in [1.165, 1.54) is 0 Å². The van der Waals surface area contributed by atoms with E-state index < -0.39 is 5.79 Å². The molecule has 2 bridgehead atoms. The van der Waals surface area contributed by atoms with E-state index >= 15 is 0 Å². The molecule has 0 radical (unpaired) electrons. The molecule has 4 heteroatoms. The van der Waals surface area contributed by atoms with Crippen LogP contribution >= 0.6 is 0 Å². The predicted molar refractivity (Wildman–Crippen MR) is 57.2 cm³/mol. The van der Waals surface area contributed by atoms with Crippen molar-refractivity contribution >= 4 is 0 Å². The van der Waals surface area contributed by atoms with Crippen LogP contribution in [0.2, 0.25) is 0 Å². The average Bonchev–Trinajstić information content (AvgIpc) is 2.84. The van der Waals surface area contributed by atoms with Crippen LogP contribution in [0, 0.1) is 0 Å². The van der Waals surface area contributed by atoms with Crippen molar-refractivity contribution in [2.75, 3.05) is 7.11 Å². The zero-order valence-electron chi connectivity index (χ0n) is 9.22. The van der Waals surface area contributed by atoms with E-state index in [4.69, 9.17) is 9.47 Å². The topological polar surface area (TPSA) is 51.6 Å². The van der Waals surface area contributed by atoms with Gasteiger partial charge in [-0.2, -0.15) is 0 Å². The first-order chi connectivity index (χ1) is 7.70. The summed E-state index contributed by atoms with van der Waals surface area (Å²) < 4.78 is 10.7. The molecule has 0 amide bonds. The molecule has 3 unspecified atom stereocenters. The van der Waals surface area contributed by atoms with Gasteiger partial charge in [0, 0.05) is 31.0 Å². The Morgan fingerprint density at radius 2 is 2.50 bits per heavy atom. The molecule has 2 fully saturated rings. The molecule has 1 aromatic heterocycles. The van der Waals surface area contributed by atoms with E-state index in [2.05, 4.69) is 4.98 Å². The summed E-state index contributed by atoms with van der Waals surface area (Å²) in [5.41, 5.74) is 1.15. The number of fused-ring (bicyclic) bond motifs is 2. The van der Waals surface area contributed by atoms with Crippen LogP contribution in [0.3, 0.4) is 0 Å². The zero-order chi connectivity index (χ0) is 11.2. The van der Waals surface area contributed by atoms with Crippen molar-refractivity contribution in [2.24, 2.45) is 0 Å². The maximum atomic E-state index is 10.0. The Labute approximate surface area is 94.2 Å². The fourth-order valence-electron chi connectivity index (χ4n) is 2.78. The van der Waals surface area contributed by atoms with Crippen LogP contribution in [0.25, 0.3) is 0 Å². The first-order valence-corrected chi connectivity index (χ1v) is 5.60. The van der Waals surface area contributed by atoms with Gasteiger partial charge in [0.05, 0.1) is 13.2 Å². The molecule has 2 aliphatic rings. The van der Waals surface area contributed by atoms with E-state index in [-0.39, 0.29) is 12.0 Å². The molecule has 16 heavy (non-hydrogen) atoms. The molecule has 1 N–H and O–H groups in total. The minimum absolute atomic E-state index is 0.150. The summed E-state index contributed by atoms with van der Waals surface area (Å²) >= 11 is 0. The number of hydrogen-bond donors (Lipinski definition) is 1. The third-order valence-electron chi connectivity index (χ3n) is 3.57. The van der Waals surface area contributed by atoms with Gasteiger partial charge in [0.25, 0.3) is 0 Å². The minimum atomic E-state index is -0.883. The average molecular weight is 221 g/mol. The second-order valence-electron chi connectivity index (χ2n) is 4.58. The Balaban J connectivity index is 1.88. The van der Waals surface area contributed by atoms with Crippen molar-refractivity contribution in [3.8, 4) is 5.88 Å². The SMILES string of the molecule is COc1cc(C2CC3(O)CCC2O3)ccn1. The molecule has 3 rings (SSSR count). The Bertz CT molecular complexity index is 409. The molecule has 0 spiro atoms. The number of rotatable bonds is 2. The largest absolute Gasteiger partial charge is 0.481 e. The van der Waals surface area contributed by atoms with Crippen molar-refractivity contribution in [2.45, 2.75) is 37.1 Å². The van der Waals surface area contributed by atoms with E-state index in [1.54, 1.807) is 13.3 Å². The number of aromatic nitrogens is 1. The number of methoxy groups -OCH3 is 1. The number of hydrogen-bond acceptors (Lipinski definition) is 4. The maximum Gasteiger partial charge on any atom is 0.213 e. The van der Waals surface area contributed by atoms with Crippen molar-refractivity contribution in [1.82, 2.24) is 4.98 Å². The third kappa shape index (κ3) is 1.49. The van der Waals surface area contributed by atoms with Gasteiger partial charge in [0.15, 0.2) is 5.79 Å². The smallest absolute Gasteiger partial charge is 0.213 e. The number of aliphatic hydroxyl groups is 1. The highest BCUT2D eigenvalue weighted by Gasteiger charge is 2.51. The first kappa shape index (κ1) is 10.1. The number of pyridine rings is 1. The maximum absolute atomic E-state index is 10.0. The van der Waals surface area contributed by atoms with Gasteiger partial charge >= 0.3 is 0 Å². The molecular formula is C12H15NO3. The molecular weight excluding hydrogens is 206 g/mol. The summed E-state index contributed by atoms with van der Waals surface area (Å²) in [6.07, 6.45) is 4.27. The molecule has 0 aromatic carbocycles. The second-order valence-corrected chi connectivity index (χ2v) is 4.58. The van der Waals surface area contributed by atoms with Gasteiger partial charge in [-0.1, -0.05) is 0 Å². The van der Waals surface area contributed by atoms with Crippen LogP contribution in [0.4, 0.5) is 0 Å². The molecule has 3 atom stereocenters. The van der Waals surface area contributed by atoms with Gasteiger partial charge in [0.1, 0.15) is 0 Å². The highest BCUT2D eigenvalue weighted by molar-refractivity contribution is 5.27. The summed E-state index contributed by atoms with van der Waals surface area (Å²) in [6, 6.07) is 3.90. The lowest BCUT2D eigenvalue weighted by molar-refractivity contribution is -0.156. The summed E-state index contributed by atoms with van der Waals surface area (Å²) in [5, 5.41) is 10.0. The zero-order valence-corrected chi connectivity index (χ0v) is 9.22. The molecule has 3 heterocycles. The van der Waals surface area contributed by atoms with Crippen LogP contribution < -0.4 is 4.74 Å². The Hall–Kier alpha value is -1.13. The normalized spacial score (nSPS) is 36.6. The van der Waals surface area contributed by atoms with Gasteiger partial charge < -0.3 is 14.6 Å². The summed E-state index contributed by atoms with van der Waals surface area (Å²) in [7, 11) is 1.61. The summed E-state index contributed by atoms with van der Waals surface area (Å²) in [6.45, 7) is 0. The minimum Gasteiger partial charge on any atom is -0.481 e. The lowest BCUT2D eigenvalue weighted by atomic mass is 9.83. The highest BCUT2D eigenvalue weighted by atomic mass is 16.6. The third-order valence-corrected chi connectivity index (χ3v) is 3.57. The van der Waals surface area contributed by atoms with Crippen molar-refractivity contribution < 1.29 is 14.6 Å². The highest BCUT2D eigenvalue weighted by Crippen LogP contribution is 2.49. The Morgan fingerprint density at radius 3 is 3.12 bits per heavy atom. The van der Waals surface area contributed by atoms with E-state index in [9.17, 15) is 5.11 Å². The number of ether oxygens (including phenoxy) is 2. The molecule has 1 aromatic rings. The molecule has 4 nitrogen and oxygen atoms in total. The predicted octanol–water partition coefficient (Wildman–Crippen LogP) is 1.45. The molecule has 2 saturated heterocycles. The van der Waals surface area contributed by atoms with Crippen LogP contribution in [-0.2, 0) is 4.74 Å². The van der Waals surface area contributed by atoms with Gasteiger partial charge in [0.2, 0.25) is 5.88 Å². The molecule has 86 valence electrons. The van der Waals surface area contributed by atoms with Crippen LogP contribution in [0.1, 0.15) is 30.7 Å². The van der Waals surface area contributed by atoms with Crippen LogP contribution in [0.5, 0.6) is 5.88 Å². The molecule has 0 aliphatic carbocycles. The fraction of sp³-hybridized carbons (Fsp3) is 0.583. The van der Waals surface area contributed by atoms with Crippen molar-refractivity contribution in [3.05, 3.63) is 23.9 Å². The Kier molecular flexibility index (Phi) is 2.16. The quantitative estimate of drug-likeness (QED) is 0.821. The van der Waals surface area contributed by atoms with Gasteiger partial charge in [-0.05, 0) is 18.1 Å². The van der Waals surface area contributed by atoms with Gasteiger partial charge in [-0.15, -0.1) is 0 Å². The summed E-state index contributed by atoms with van der Waals surface area (Å²) in [5.74, 6) is 0.00849.